The van der Waals surface area contributed by atoms with Gasteiger partial charge in [-0.15, -0.1) is 10.2 Å². The number of pyridine rings is 1. The largest absolute Gasteiger partial charge is 0.334 e. The quantitative estimate of drug-likeness (QED) is 0.723. The molecular formula is C19H20N6O. The number of likely N-dealkylation sites (tertiary alicyclic amines) is 1. The molecule has 1 saturated heterocycles. The second kappa shape index (κ2) is 7.03. The highest BCUT2D eigenvalue weighted by Crippen LogP contribution is 2.22. The van der Waals surface area contributed by atoms with Crippen LogP contribution in [0.5, 0.6) is 0 Å². The van der Waals surface area contributed by atoms with Crippen LogP contribution in [-0.4, -0.2) is 48.6 Å². The number of carbonyl (C=O) groups is 1. The number of aromatic nitrogens is 5. The second-order valence-corrected chi connectivity index (χ2v) is 6.52. The summed E-state index contributed by atoms with van der Waals surface area (Å²) in [5, 5.41) is 12.7. The summed E-state index contributed by atoms with van der Waals surface area (Å²) in [6, 6.07) is 11.5. The van der Waals surface area contributed by atoms with Gasteiger partial charge in [0.25, 0.3) is 5.91 Å². The first-order valence-electron chi connectivity index (χ1n) is 8.77. The van der Waals surface area contributed by atoms with Gasteiger partial charge in [-0.05, 0) is 48.7 Å². The molecule has 132 valence electrons. The van der Waals surface area contributed by atoms with Crippen molar-refractivity contribution in [3.63, 3.8) is 0 Å². The number of tetrazole rings is 1. The molecule has 1 atom stereocenters. The number of hydrogen-bond acceptors (Lipinski definition) is 5. The molecule has 4 rings (SSSR count). The summed E-state index contributed by atoms with van der Waals surface area (Å²) in [4.78, 5) is 20.5. The Morgan fingerprint density at radius 2 is 2.12 bits per heavy atom. The van der Waals surface area contributed by atoms with E-state index in [1.54, 1.807) is 17.2 Å². The van der Waals surface area contributed by atoms with E-state index >= 15 is 0 Å². The lowest BCUT2D eigenvalue weighted by Gasteiger charge is -2.24. The van der Waals surface area contributed by atoms with Crippen LogP contribution < -0.4 is 0 Å². The number of hydrogen-bond donors (Lipinski definition) is 0. The molecule has 1 fully saturated rings. The molecule has 26 heavy (non-hydrogen) atoms. The minimum Gasteiger partial charge on any atom is -0.334 e. The van der Waals surface area contributed by atoms with Crippen molar-refractivity contribution in [2.75, 3.05) is 6.54 Å². The first-order valence-corrected chi connectivity index (χ1v) is 8.77. The predicted molar refractivity (Wildman–Crippen MR) is 96.3 cm³/mol. The van der Waals surface area contributed by atoms with E-state index in [1.165, 1.54) is 0 Å². The fourth-order valence-electron chi connectivity index (χ4n) is 3.38. The topological polar surface area (TPSA) is 76.8 Å². The predicted octanol–water partition coefficient (Wildman–Crippen LogP) is 2.35. The van der Waals surface area contributed by atoms with Gasteiger partial charge in [0.15, 0.2) is 0 Å². The van der Waals surface area contributed by atoms with Crippen LogP contribution in [-0.2, 0) is 6.54 Å². The van der Waals surface area contributed by atoms with Gasteiger partial charge in [0.05, 0.1) is 12.6 Å². The SMILES string of the molecule is Cc1ccccc1C(=O)N1CCC[C@H]1Cn1nnc(-c2cccnc2)n1. The molecule has 0 unspecified atom stereocenters. The molecule has 7 heteroatoms. The Kier molecular flexibility index (Phi) is 4.43. The van der Waals surface area contributed by atoms with Crippen LogP contribution in [0.2, 0.25) is 0 Å². The molecule has 0 spiro atoms. The summed E-state index contributed by atoms with van der Waals surface area (Å²) in [6.07, 6.45) is 5.36. The maximum Gasteiger partial charge on any atom is 0.254 e. The van der Waals surface area contributed by atoms with Crippen molar-refractivity contribution >= 4 is 5.91 Å². The summed E-state index contributed by atoms with van der Waals surface area (Å²) >= 11 is 0. The van der Waals surface area contributed by atoms with Crippen molar-refractivity contribution < 1.29 is 4.79 Å². The fourth-order valence-corrected chi connectivity index (χ4v) is 3.38. The monoisotopic (exact) mass is 348 g/mol. The molecule has 1 aromatic carbocycles. The standard InChI is InChI=1S/C19H20N6O/c1-14-6-2-3-9-17(14)19(26)24-11-5-8-16(24)13-25-22-18(21-23-25)15-7-4-10-20-12-15/h2-4,6-7,9-10,12,16H,5,8,11,13H2,1H3/t16-/m0/s1. The van der Waals surface area contributed by atoms with Crippen LogP contribution in [0, 0.1) is 6.92 Å². The number of nitrogens with zero attached hydrogens (tertiary/aromatic N) is 6. The van der Waals surface area contributed by atoms with Crippen molar-refractivity contribution in [2.45, 2.75) is 32.4 Å². The van der Waals surface area contributed by atoms with Crippen molar-refractivity contribution in [3.8, 4) is 11.4 Å². The number of amides is 1. The zero-order valence-corrected chi connectivity index (χ0v) is 14.6. The Bertz CT molecular complexity index is 907. The average Bonchev–Trinajstić information content (AvgIpc) is 3.32. The minimum atomic E-state index is 0.0815. The van der Waals surface area contributed by atoms with Crippen LogP contribution in [0.3, 0.4) is 0 Å². The van der Waals surface area contributed by atoms with E-state index in [-0.39, 0.29) is 11.9 Å². The molecule has 1 aliphatic heterocycles. The highest BCUT2D eigenvalue weighted by molar-refractivity contribution is 5.96. The smallest absolute Gasteiger partial charge is 0.254 e. The lowest BCUT2D eigenvalue weighted by Crippen LogP contribution is -2.38. The van der Waals surface area contributed by atoms with Gasteiger partial charge < -0.3 is 4.90 Å². The summed E-state index contributed by atoms with van der Waals surface area (Å²) < 4.78 is 0. The summed E-state index contributed by atoms with van der Waals surface area (Å²) in [7, 11) is 0. The van der Waals surface area contributed by atoms with Crippen LogP contribution in [0.1, 0.15) is 28.8 Å². The molecule has 0 bridgehead atoms. The van der Waals surface area contributed by atoms with Gasteiger partial charge in [-0.25, -0.2) is 0 Å². The van der Waals surface area contributed by atoms with E-state index in [1.807, 2.05) is 48.2 Å². The van der Waals surface area contributed by atoms with Gasteiger partial charge >= 0.3 is 0 Å². The number of benzene rings is 1. The third-order valence-electron chi connectivity index (χ3n) is 4.76. The van der Waals surface area contributed by atoms with E-state index in [0.29, 0.717) is 12.4 Å². The Labute approximate surface area is 151 Å². The highest BCUT2D eigenvalue weighted by Gasteiger charge is 2.30. The fraction of sp³-hybridized carbons (Fsp3) is 0.316. The van der Waals surface area contributed by atoms with Gasteiger partial charge in [-0.2, -0.15) is 4.80 Å². The van der Waals surface area contributed by atoms with Crippen molar-refractivity contribution in [1.82, 2.24) is 30.1 Å². The maximum atomic E-state index is 12.9. The lowest BCUT2D eigenvalue weighted by molar-refractivity contribution is 0.0717. The Morgan fingerprint density at radius 3 is 2.92 bits per heavy atom. The molecule has 0 radical (unpaired) electrons. The third-order valence-corrected chi connectivity index (χ3v) is 4.76. The Balaban J connectivity index is 1.50. The lowest BCUT2D eigenvalue weighted by atomic mass is 10.1. The van der Waals surface area contributed by atoms with Crippen molar-refractivity contribution in [2.24, 2.45) is 0 Å². The minimum absolute atomic E-state index is 0.0815. The number of aryl methyl sites for hydroxylation is 1. The second-order valence-electron chi connectivity index (χ2n) is 6.52. The summed E-state index contributed by atoms with van der Waals surface area (Å²) in [5.41, 5.74) is 2.60. The summed E-state index contributed by atoms with van der Waals surface area (Å²) in [6.45, 7) is 3.28. The molecule has 1 aliphatic rings. The van der Waals surface area contributed by atoms with Gasteiger partial charge in [0.2, 0.25) is 5.82 Å². The average molecular weight is 348 g/mol. The van der Waals surface area contributed by atoms with E-state index in [0.717, 1.165) is 36.1 Å². The van der Waals surface area contributed by atoms with E-state index in [9.17, 15) is 4.79 Å². The van der Waals surface area contributed by atoms with Crippen LogP contribution in [0.4, 0.5) is 0 Å². The Morgan fingerprint density at radius 1 is 1.23 bits per heavy atom. The zero-order valence-electron chi connectivity index (χ0n) is 14.6. The molecular weight excluding hydrogens is 328 g/mol. The third kappa shape index (κ3) is 3.20. The van der Waals surface area contributed by atoms with Gasteiger partial charge in [0.1, 0.15) is 0 Å². The maximum absolute atomic E-state index is 12.9. The van der Waals surface area contributed by atoms with Gasteiger partial charge in [-0.1, -0.05) is 18.2 Å². The van der Waals surface area contributed by atoms with Crippen LogP contribution >= 0.6 is 0 Å². The zero-order chi connectivity index (χ0) is 17.9. The Hall–Kier alpha value is -3.09. The first kappa shape index (κ1) is 16.4. The molecule has 3 heterocycles. The molecule has 2 aromatic heterocycles. The van der Waals surface area contributed by atoms with Crippen molar-refractivity contribution in [1.29, 1.82) is 0 Å². The van der Waals surface area contributed by atoms with Crippen molar-refractivity contribution in [3.05, 3.63) is 59.9 Å². The molecule has 3 aromatic rings. The molecule has 1 amide bonds. The summed E-state index contributed by atoms with van der Waals surface area (Å²) in [5.74, 6) is 0.631. The molecule has 7 nitrogen and oxygen atoms in total. The van der Waals surface area contributed by atoms with E-state index in [2.05, 4.69) is 20.4 Å². The first-order chi connectivity index (χ1) is 12.7. The molecule has 0 saturated carbocycles. The van der Waals surface area contributed by atoms with Gasteiger partial charge in [0, 0.05) is 30.1 Å². The molecule has 0 aliphatic carbocycles. The number of rotatable bonds is 4. The molecule has 0 N–H and O–H groups in total. The number of carbonyl (C=O) groups excluding carboxylic acids is 1. The highest BCUT2D eigenvalue weighted by atomic mass is 16.2. The van der Waals surface area contributed by atoms with E-state index in [4.69, 9.17) is 0 Å². The normalized spacial score (nSPS) is 16.8. The van der Waals surface area contributed by atoms with Crippen LogP contribution in [0.25, 0.3) is 11.4 Å². The van der Waals surface area contributed by atoms with E-state index < -0.39 is 0 Å². The van der Waals surface area contributed by atoms with Crippen LogP contribution in [0.15, 0.2) is 48.8 Å². The van der Waals surface area contributed by atoms with Gasteiger partial charge in [-0.3, -0.25) is 9.78 Å².